The van der Waals surface area contributed by atoms with Gasteiger partial charge in [0, 0.05) is 10.4 Å². The highest BCUT2D eigenvalue weighted by atomic mass is 35.5. The predicted molar refractivity (Wildman–Crippen MR) is 83.7 cm³/mol. The first-order valence-electron chi connectivity index (χ1n) is 6.04. The van der Waals surface area contributed by atoms with Crippen LogP contribution >= 0.6 is 34.8 Å². The van der Waals surface area contributed by atoms with E-state index in [2.05, 4.69) is 0 Å². The van der Waals surface area contributed by atoms with Crippen LogP contribution in [-0.4, -0.2) is 0 Å². The van der Waals surface area contributed by atoms with Crippen LogP contribution in [0.25, 0.3) is 11.0 Å². The molecular formula is C15H9Cl3FNO. The lowest BCUT2D eigenvalue weighted by atomic mass is 10.1. The average Bonchev–Trinajstić information content (AvgIpc) is 2.85. The fourth-order valence-electron chi connectivity index (χ4n) is 2.12. The summed E-state index contributed by atoms with van der Waals surface area (Å²) in [6, 6.07) is 8.82. The first-order valence-corrected chi connectivity index (χ1v) is 7.18. The van der Waals surface area contributed by atoms with Gasteiger partial charge in [0.1, 0.15) is 11.6 Å². The molecule has 0 saturated carbocycles. The van der Waals surface area contributed by atoms with Gasteiger partial charge in [0.15, 0.2) is 5.58 Å². The van der Waals surface area contributed by atoms with Crippen molar-refractivity contribution in [3.05, 3.63) is 68.6 Å². The minimum atomic E-state index is -0.578. The molecule has 108 valence electrons. The molecule has 1 heterocycles. The van der Waals surface area contributed by atoms with E-state index in [-0.39, 0.29) is 5.02 Å². The van der Waals surface area contributed by atoms with Crippen LogP contribution in [0.15, 0.2) is 40.8 Å². The molecule has 0 saturated heterocycles. The largest absolute Gasteiger partial charge is 0.457 e. The molecule has 1 atom stereocenters. The van der Waals surface area contributed by atoms with Crippen LogP contribution in [0.1, 0.15) is 17.4 Å². The zero-order valence-corrected chi connectivity index (χ0v) is 12.8. The third-order valence-corrected chi connectivity index (χ3v) is 3.95. The third-order valence-electron chi connectivity index (χ3n) is 3.16. The van der Waals surface area contributed by atoms with E-state index in [4.69, 9.17) is 45.0 Å². The second-order valence-corrected chi connectivity index (χ2v) is 5.86. The predicted octanol–water partition coefficient (Wildman–Crippen LogP) is 5.58. The van der Waals surface area contributed by atoms with E-state index >= 15 is 0 Å². The van der Waals surface area contributed by atoms with Crippen molar-refractivity contribution in [2.24, 2.45) is 5.73 Å². The Balaban J connectivity index is 2.07. The monoisotopic (exact) mass is 343 g/mol. The fourth-order valence-corrected chi connectivity index (χ4v) is 2.86. The standard InChI is InChI=1S/C15H9Cl3FNO/c16-9-3-8-5-13(21-15(8)11(18)6-9)14(20)7-1-2-12(19)10(17)4-7/h1-6,14H,20H2. The van der Waals surface area contributed by atoms with Crippen LogP contribution < -0.4 is 5.73 Å². The molecule has 2 aromatic carbocycles. The molecule has 0 aliphatic carbocycles. The van der Waals surface area contributed by atoms with Crippen molar-refractivity contribution >= 4 is 45.8 Å². The van der Waals surface area contributed by atoms with Gasteiger partial charge in [0.25, 0.3) is 0 Å². The normalized spacial score (nSPS) is 12.8. The Morgan fingerprint density at radius 2 is 1.76 bits per heavy atom. The SMILES string of the molecule is NC(c1ccc(F)c(Cl)c1)c1cc2cc(Cl)cc(Cl)c2o1. The topological polar surface area (TPSA) is 39.2 Å². The summed E-state index contributed by atoms with van der Waals surface area (Å²) in [6.45, 7) is 0. The highest BCUT2D eigenvalue weighted by Crippen LogP contribution is 2.34. The number of hydrogen-bond acceptors (Lipinski definition) is 2. The molecule has 0 aliphatic rings. The highest BCUT2D eigenvalue weighted by molar-refractivity contribution is 6.38. The summed E-state index contributed by atoms with van der Waals surface area (Å²) >= 11 is 17.8. The molecule has 3 aromatic rings. The molecule has 0 bridgehead atoms. The van der Waals surface area contributed by atoms with Gasteiger partial charge in [0.05, 0.1) is 16.1 Å². The molecule has 1 aromatic heterocycles. The maximum Gasteiger partial charge on any atom is 0.153 e. The van der Waals surface area contributed by atoms with Gasteiger partial charge in [0.2, 0.25) is 0 Å². The number of hydrogen-bond donors (Lipinski definition) is 1. The Hall–Kier alpha value is -1.26. The summed E-state index contributed by atoms with van der Waals surface area (Å²) in [5.74, 6) is 0.00360. The first-order chi connectivity index (χ1) is 9.95. The minimum absolute atomic E-state index is 0.0140. The van der Waals surface area contributed by atoms with Gasteiger partial charge in [-0.15, -0.1) is 0 Å². The van der Waals surface area contributed by atoms with Crippen molar-refractivity contribution in [3.63, 3.8) is 0 Å². The molecule has 0 spiro atoms. The van der Waals surface area contributed by atoms with Gasteiger partial charge < -0.3 is 10.2 Å². The van der Waals surface area contributed by atoms with Gasteiger partial charge in [-0.2, -0.15) is 0 Å². The number of nitrogens with two attached hydrogens (primary N) is 1. The number of halogens is 4. The summed E-state index contributed by atoms with van der Waals surface area (Å²) in [5.41, 5.74) is 7.29. The molecule has 0 radical (unpaired) electrons. The van der Waals surface area contributed by atoms with Gasteiger partial charge in [-0.3, -0.25) is 0 Å². The molecule has 0 aliphatic heterocycles. The van der Waals surface area contributed by atoms with Crippen molar-refractivity contribution in [2.75, 3.05) is 0 Å². The quantitative estimate of drug-likeness (QED) is 0.659. The molecule has 1 unspecified atom stereocenters. The molecule has 0 amide bonds. The van der Waals surface area contributed by atoms with Crippen LogP contribution in [0.3, 0.4) is 0 Å². The summed E-state index contributed by atoms with van der Waals surface area (Å²) < 4.78 is 18.9. The maximum absolute atomic E-state index is 13.2. The second kappa shape index (κ2) is 5.50. The Labute approximate surface area is 135 Å². The Bertz CT molecular complexity index is 831. The number of fused-ring (bicyclic) bond motifs is 1. The van der Waals surface area contributed by atoms with Crippen LogP contribution in [0, 0.1) is 5.82 Å². The second-order valence-electron chi connectivity index (χ2n) is 4.61. The van der Waals surface area contributed by atoms with E-state index < -0.39 is 11.9 Å². The fraction of sp³-hybridized carbons (Fsp3) is 0.0667. The van der Waals surface area contributed by atoms with Crippen molar-refractivity contribution < 1.29 is 8.81 Å². The number of benzene rings is 2. The van der Waals surface area contributed by atoms with Crippen molar-refractivity contribution in [3.8, 4) is 0 Å². The molecule has 2 nitrogen and oxygen atoms in total. The van der Waals surface area contributed by atoms with Crippen LogP contribution in [0.2, 0.25) is 15.1 Å². The average molecular weight is 345 g/mol. The van der Waals surface area contributed by atoms with E-state index in [1.807, 2.05) is 0 Å². The number of furan rings is 1. The van der Waals surface area contributed by atoms with Crippen molar-refractivity contribution in [1.29, 1.82) is 0 Å². The zero-order chi connectivity index (χ0) is 15.1. The highest BCUT2D eigenvalue weighted by Gasteiger charge is 2.17. The lowest BCUT2D eigenvalue weighted by Gasteiger charge is -2.09. The first kappa shape index (κ1) is 14.7. The summed E-state index contributed by atoms with van der Waals surface area (Å²) in [6.07, 6.45) is 0. The van der Waals surface area contributed by atoms with E-state index in [1.165, 1.54) is 12.1 Å². The van der Waals surface area contributed by atoms with Crippen LogP contribution in [0.5, 0.6) is 0 Å². The van der Waals surface area contributed by atoms with Crippen LogP contribution in [-0.2, 0) is 0 Å². The zero-order valence-electron chi connectivity index (χ0n) is 10.5. The Kier molecular flexibility index (Phi) is 3.84. The summed E-state index contributed by atoms with van der Waals surface area (Å²) in [7, 11) is 0. The lowest BCUT2D eigenvalue weighted by molar-refractivity contribution is 0.524. The lowest BCUT2D eigenvalue weighted by Crippen LogP contribution is -2.10. The van der Waals surface area contributed by atoms with Crippen molar-refractivity contribution in [1.82, 2.24) is 0 Å². The summed E-state index contributed by atoms with van der Waals surface area (Å²) in [5, 5.41) is 1.69. The minimum Gasteiger partial charge on any atom is -0.457 e. The van der Waals surface area contributed by atoms with E-state index in [9.17, 15) is 4.39 Å². The Morgan fingerprint density at radius 1 is 1.00 bits per heavy atom. The van der Waals surface area contributed by atoms with E-state index in [0.717, 1.165) is 5.39 Å². The Morgan fingerprint density at radius 3 is 2.48 bits per heavy atom. The molecule has 6 heteroatoms. The smallest absolute Gasteiger partial charge is 0.153 e. The van der Waals surface area contributed by atoms with E-state index in [0.29, 0.717) is 27.0 Å². The maximum atomic E-state index is 13.2. The van der Waals surface area contributed by atoms with Crippen molar-refractivity contribution in [2.45, 2.75) is 6.04 Å². The number of rotatable bonds is 2. The molecule has 0 fully saturated rings. The van der Waals surface area contributed by atoms with Crippen LogP contribution in [0.4, 0.5) is 4.39 Å². The summed E-state index contributed by atoms with van der Waals surface area (Å²) in [4.78, 5) is 0. The van der Waals surface area contributed by atoms with Gasteiger partial charge >= 0.3 is 0 Å². The van der Waals surface area contributed by atoms with Gasteiger partial charge in [-0.1, -0.05) is 40.9 Å². The van der Waals surface area contributed by atoms with Gasteiger partial charge in [-0.25, -0.2) is 4.39 Å². The molecular weight excluding hydrogens is 336 g/mol. The third kappa shape index (κ3) is 2.74. The van der Waals surface area contributed by atoms with Gasteiger partial charge in [-0.05, 0) is 35.9 Å². The molecule has 2 N–H and O–H groups in total. The molecule has 21 heavy (non-hydrogen) atoms. The molecule has 3 rings (SSSR count). The van der Waals surface area contributed by atoms with E-state index in [1.54, 1.807) is 24.3 Å².